The van der Waals surface area contributed by atoms with Crippen LogP contribution < -0.4 is 10.4 Å². The molecule has 2 amide bonds. The van der Waals surface area contributed by atoms with E-state index in [4.69, 9.17) is 4.74 Å². The molecule has 0 radical (unpaired) electrons. The van der Waals surface area contributed by atoms with Crippen LogP contribution in [0.4, 0.5) is 4.79 Å². The molecule has 1 aliphatic rings. The molecule has 114 valence electrons. The molecule has 1 aliphatic heterocycles. The lowest BCUT2D eigenvalue weighted by Crippen LogP contribution is -2.53. The molecule has 1 saturated heterocycles. The van der Waals surface area contributed by atoms with Crippen molar-refractivity contribution >= 4 is 18.0 Å². The Labute approximate surface area is 118 Å². The molecule has 0 aromatic carbocycles. The molecule has 1 fully saturated rings. The zero-order valence-electron chi connectivity index (χ0n) is 12.3. The third kappa shape index (κ3) is 4.40. The smallest absolute Gasteiger partial charge is 0.408 e. The zero-order valence-corrected chi connectivity index (χ0v) is 12.3. The molecule has 2 atom stereocenters. The topological polar surface area (TPSA) is 98.8 Å². The average molecular weight is 285 g/mol. The molecule has 0 aromatic rings. The van der Waals surface area contributed by atoms with Gasteiger partial charge in [-0.3, -0.25) is 4.79 Å². The summed E-state index contributed by atoms with van der Waals surface area (Å²) in [4.78, 5) is 35.9. The van der Waals surface area contributed by atoms with E-state index < -0.39 is 35.7 Å². The van der Waals surface area contributed by atoms with Gasteiger partial charge in [-0.25, -0.2) is 4.79 Å². The van der Waals surface area contributed by atoms with E-state index in [2.05, 4.69) is 5.32 Å². The maximum Gasteiger partial charge on any atom is 0.408 e. The number of ether oxygens (including phenoxy) is 1. The molecule has 0 saturated carbocycles. The Morgan fingerprint density at radius 1 is 1.35 bits per heavy atom. The summed E-state index contributed by atoms with van der Waals surface area (Å²) in [5.74, 6) is -1.71. The van der Waals surface area contributed by atoms with Gasteiger partial charge in [0.05, 0.1) is 12.0 Å². The van der Waals surface area contributed by atoms with Gasteiger partial charge in [0.1, 0.15) is 11.6 Å². The highest BCUT2D eigenvalue weighted by Crippen LogP contribution is 2.18. The van der Waals surface area contributed by atoms with Crippen molar-refractivity contribution in [3.8, 4) is 0 Å². The number of aliphatic carboxylic acids is 1. The molecule has 0 aromatic heterocycles. The molecule has 7 nitrogen and oxygen atoms in total. The van der Waals surface area contributed by atoms with E-state index in [-0.39, 0.29) is 0 Å². The minimum absolute atomic E-state index is 0.359. The first-order valence-electron chi connectivity index (χ1n) is 6.62. The molecule has 1 rings (SSSR count). The number of hydrogen-bond acceptors (Lipinski definition) is 5. The summed E-state index contributed by atoms with van der Waals surface area (Å²) in [6, 6.07) is -1.75. The van der Waals surface area contributed by atoms with Crippen LogP contribution in [0.5, 0.6) is 0 Å². The largest absolute Gasteiger partial charge is 0.548 e. The first-order chi connectivity index (χ1) is 9.11. The van der Waals surface area contributed by atoms with Crippen molar-refractivity contribution < 1.29 is 24.2 Å². The Morgan fingerprint density at radius 2 is 1.95 bits per heavy atom. The van der Waals surface area contributed by atoms with Crippen molar-refractivity contribution in [3.63, 3.8) is 0 Å². The highest BCUT2D eigenvalue weighted by Gasteiger charge is 2.33. The number of hydrogen-bond donors (Lipinski definition) is 1. The van der Waals surface area contributed by atoms with Crippen LogP contribution in [0.15, 0.2) is 0 Å². The molecule has 0 unspecified atom stereocenters. The second-order valence-electron chi connectivity index (χ2n) is 5.88. The first kappa shape index (κ1) is 16.3. The predicted molar refractivity (Wildman–Crippen MR) is 68.6 cm³/mol. The summed E-state index contributed by atoms with van der Waals surface area (Å²) in [6.45, 7) is 7.00. The number of carboxylic acids is 1. The minimum atomic E-state index is -1.26. The maximum atomic E-state index is 12.1. The van der Waals surface area contributed by atoms with Gasteiger partial charge >= 0.3 is 6.09 Å². The van der Waals surface area contributed by atoms with E-state index in [1.165, 1.54) is 11.8 Å². The van der Waals surface area contributed by atoms with Gasteiger partial charge in [0, 0.05) is 6.54 Å². The van der Waals surface area contributed by atoms with Crippen molar-refractivity contribution in [1.82, 2.24) is 10.2 Å². The number of nitrogens with zero attached hydrogens (tertiary/aromatic N) is 1. The van der Waals surface area contributed by atoms with Gasteiger partial charge in [0.15, 0.2) is 0 Å². The predicted octanol–water partition coefficient (Wildman–Crippen LogP) is -0.359. The number of nitrogens with one attached hydrogen (secondary N) is 1. The monoisotopic (exact) mass is 285 g/mol. The Hall–Kier alpha value is -1.79. The van der Waals surface area contributed by atoms with Crippen molar-refractivity contribution in [2.75, 3.05) is 6.54 Å². The van der Waals surface area contributed by atoms with Crippen LogP contribution in [0.25, 0.3) is 0 Å². The van der Waals surface area contributed by atoms with Crippen molar-refractivity contribution in [1.29, 1.82) is 0 Å². The van der Waals surface area contributed by atoms with E-state index in [9.17, 15) is 19.5 Å². The molecule has 0 bridgehead atoms. The zero-order chi connectivity index (χ0) is 15.5. The van der Waals surface area contributed by atoms with Gasteiger partial charge in [0.25, 0.3) is 0 Å². The SMILES string of the molecule is C[C@H](NC(=O)OC(C)(C)C)C(=O)N1CCC[C@H]1C(=O)[O-]. The summed E-state index contributed by atoms with van der Waals surface area (Å²) < 4.78 is 5.05. The Bertz CT molecular complexity index is 402. The van der Waals surface area contributed by atoms with Crippen LogP contribution in [-0.2, 0) is 14.3 Å². The molecule has 20 heavy (non-hydrogen) atoms. The fraction of sp³-hybridized carbons (Fsp3) is 0.769. The summed E-state index contributed by atoms with van der Waals surface area (Å²) in [7, 11) is 0. The van der Waals surface area contributed by atoms with Crippen LogP contribution in [0.2, 0.25) is 0 Å². The van der Waals surface area contributed by atoms with E-state index in [0.29, 0.717) is 19.4 Å². The van der Waals surface area contributed by atoms with E-state index >= 15 is 0 Å². The van der Waals surface area contributed by atoms with Gasteiger partial charge in [-0.05, 0) is 40.5 Å². The van der Waals surface area contributed by atoms with Crippen LogP contribution in [0, 0.1) is 0 Å². The fourth-order valence-electron chi connectivity index (χ4n) is 2.07. The number of alkyl carbamates (subject to hydrolysis) is 1. The number of amides is 2. The van der Waals surface area contributed by atoms with E-state index in [0.717, 1.165) is 0 Å². The second kappa shape index (κ2) is 6.11. The van der Waals surface area contributed by atoms with Crippen molar-refractivity contribution in [2.24, 2.45) is 0 Å². The summed E-state index contributed by atoms with van der Waals surface area (Å²) in [5.41, 5.74) is -0.659. The molecule has 0 spiro atoms. The Morgan fingerprint density at radius 3 is 2.45 bits per heavy atom. The van der Waals surface area contributed by atoms with Gasteiger partial charge in [-0.15, -0.1) is 0 Å². The first-order valence-corrected chi connectivity index (χ1v) is 6.62. The summed E-state index contributed by atoms with van der Waals surface area (Å²) in [5, 5.41) is 13.3. The highest BCUT2D eigenvalue weighted by atomic mass is 16.6. The standard InChI is InChI=1S/C13H22N2O5/c1-8(14-12(19)20-13(2,3)4)10(16)15-7-5-6-9(15)11(17)18/h8-9H,5-7H2,1-4H3,(H,14,19)(H,17,18)/p-1/t8-,9-/m0/s1. The number of carboxylic acid groups (broad SMARTS) is 1. The summed E-state index contributed by atoms with van der Waals surface area (Å²) in [6.07, 6.45) is 0.291. The van der Waals surface area contributed by atoms with Crippen LogP contribution in [0.3, 0.4) is 0 Å². The number of carbonyl (C=O) groups excluding carboxylic acids is 3. The van der Waals surface area contributed by atoms with Crippen LogP contribution in [0.1, 0.15) is 40.5 Å². The third-order valence-electron chi connectivity index (χ3n) is 2.91. The average Bonchev–Trinajstić information content (AvgIpc) is 2.73. The second-order valence-corrected chi connectivity index (χ2v) is 5.88. The lowest BCUT2D eigenvalue weighted by Gasteiger charge is -2.29. The molecule has 7 heteroatoms. The van der Waals surface area contributed by atoms with Gasteiger partial charge in [-0.1, -0.05) is 0 Å². The lowest BCUT2D eigenvalue weighted by atomic mass is 10.2. The molecular weight excluding hydrogens is 264 g/mol. The van der Waals surface area contributed by atoms with Crippen LogP contribution in [-0.4, -0.2) is 47.1 Å². The van der Waals surface area contributed by atoms with E-state index in [1.807, 2.05) is 0 Å². The number of carbonyl (C=O) groups is 3. The molecular formula is C13H21N2O5-. The third-order valence-corrected chi connectivity index (χ3v) is 2.91. The fourth-order valence-corrected chi connectivity index (χ4v) is 2.07. The summed E-state index contributed by atoms with van der Waals surface area (Å²) >= 11 is 0. The van der Waals surface area contributed by atoms with Crippen molar-refractivity contribution in [2.45, 2.75) is 58.2 Å². The van der Waals surface area contributed by atoms with Gasteiger partial charge in [0.2, 0.25) is 5.91 Å². The Kier molecular flexibility index (Phi) is 4.97. The quantitative estimate of drug-likeness (QED) is 0.763. The lowest BCUT2D eigenvalue weighted by molar-refractivity contribution is -0.310. The van der Waals surface area contributed by atoms with Crippen molar-refractivity contribution in [3.05, 3.63) is 0 Å². The van der Waals surface area contributed by atoms with Crippen LogP contribution >= 0.6 is 0 Å². The van der Waals surface area contributed by atoms with E-state index in [1.54, 1.807) is 20.8 Å². The molecule has 1 N–H and O–H groups in total. The van der Waals surface area contributed by atoms with Gasteiger partial charge in [-0.2, -0.15) is 0 Å². The highest BCUT2D eigenvalue weighted by molar-refractivity contribution is 5.89. The number of likely N-dealkylation sites (tertiary alicyclic amines) is 1. The maximum absolute atomic E-state index is 12.1. The normalized spacial score (nSPS) is 20.4. The van der Waals surface area contributed by atoms with Gasteiger partial charge < -0.3 is 24.9 Å². The number of rotatable bonds is 3. The molecule has 0 aliphatic carbocycles. The molecule has 1 heterocycles. The minimum Gasteiger partial charge on any atom is -0.548 e. The Balaban J connectivity index is 2.59.